The summed E-state index contributed by atoms with van der Waals surface area (Å²) in [5.74, 6) is 0. The van der Waals surface area contributed by atoms with E-state index in [1.807, 2.05) is 0 Å². The van der Waals surface area contributed by atoms with Gasteiger partial charge in [0.05, 0.1) is 0 Å². The second kappa shape index (κ2) is 14.5. The van der Waals surface area contributed by atoms with Crippen molar-refractivity contribution in [2.45, 2.75) is 96.9 Å². The third-order valence-electron chi connectivity index (χ3n) is 11.6. The third kappa shape index (κ3) is 6.98. The summed E-state index contributed by atoms with van der Waals surface area (Å²) in [5.41, 5.74) is 29.9. The maximum absolute atomic E-state index is 2.43. The Morgan fingerprint density at radius 2 is 0.462 bits per heavy atom. The fourth-order valence-electron chi connectivity index (χ4n) is 9.86. The maximum atomic E-state index is 2.43. The minimum atomic E-state index is 0.169. The molecule has 262 valence electrons. The van der Waals surface area contributed by atoms with Crippen LogP contribution >= 0.6 is 0 Å². The second-order valence-corrected chi connectivity index (χ2v) is 16.3. The van der Waals surface area contributed by atoms with Crippen molar-refractivity contribution >= 4 is 46.2 Å². The first-order valence-corrected chi connectivity index (χ1v) is 19.1. The third-order valence-corrected chi connectivity index (χ3v) is 11.6. The summed E-state index contributed by atoms with van der Waals surface area (Å²) in [7, 11) is 0. The Morgan fingerprint density at radius 1 is 0.250 bits per heavy atom. The minimum Gasteiger partial charge on any atom is -0.0661 e. The molecule has 0 saturated carbocycles. The molecule has 6 rings (SSSR count). The molecule has 0 aromatic heterocycles. The molecular weight excluding hydrogens is 622 g/mol. The smallest absolute Gasteiger partial charge is 0.0661 e. The van der Waals surface area contributed by atoms with Gasteiger partial charge < -0.3 is 0 Å². The Balaban J connectivity index is 1.49. The van der Waals surface area contributed by atoms with Crippen LogP contribution in [-0.4, -0.2) is 13.4 Å². The summed E-state index contributed by atoms with van der Waals surface area (Å²) in [6.45, 7) is 32.2. The fourth-order valence-corrected chi connectivity index (χ4v) is 9.86. The van der Waals surface area contributed by atoms with Crippen LogP contribution in [0.15, 0.2) is 84.9 Å². The zero-order valence-electron chi connectivity index (χ0n) is 34.2. The van der Waals surface area contributed by atoms with Crippen molar-refractivity contribution in [3.63, 3.8) is 0 Å². The van der Waals surface area contributed by atoms with E-state index >= 15 is 0 Å². The molecule has 0 fully saturated rings. The summed E-state index contributed by atoms with van der Waals surface area (Å²) < 4.78 is 0. The first kappa shape index (κ1) is 37.2. The number of hydrogen-bond donors (Lipinski definition) is 0. The quantitative estimate of drug-likeness (QED) is 0.148. The summed E-state index contributed by atoms with van der Waals surface area (Å²) in [6.07, 6.45) is 0. The lowest BCUT2D eigenvalue weighted by Gasteiger charge is -2.26. The van der Waals surface area contributed by atoms with E-state index in [-0.39, 0.29) is 13.4 Å². The number of aryl methyl sites for hydroxylation is 14. The van der Waals surface area contributed by atoms with Crippen LogP contribution in [0.3, 0.4) is 0 Å². The monoisotopic (exact) mass is 678 g/mol. The van der Waals surface area contributed by atoms with Crippen molar-refractivity contribution in [3.05, 3.63) is 163 Å². The SMILES string of the molecule is Cc1cc(C)c(B(c2ccc(-c3ccc(B(c4c(C)cc(C)cc4C)c4c(C)cc(C)cc4C)c(C)c3)cc2C)c2c(C)cc(C)cc2C)c(C)c1. The molecule has 0 bridgehead atoms. The second-order valence-electron chi connectivity index (χ2n) is 16.3. The molecule has 0 saturated heterocycles. The first-order valence-electron chi connectivity index (χ1n) is 19.1. The van der Waals surface area contributed by atoms with E-state index in [1.54, 1.807) is 0 Å². The molecular formula is C50H56B2. The van der Waals surface area contributed by atoms with Gasteiger partial charge in [-0.15, -0.1) is 0 Å². The average Bonchev–Trinajstić information content (AvgIpc) is 3.01. The van der Waals surface area contributed by atoms with Crippen molar-refractivity contribution in [2.24, 2.45) is 0 Å². The van der Waals surface area contributed by atoms with Crippen LogP contribution in [0.5, 0.6) is 0 Å². The average molecular weight is 679 g/mol. The molecule has 0 N–H and O–H groups in total. The number of benzene rings is 6. The zero-order chi connectivity index (χ0) is 37.8. The highest BCUT2D eigenvalue weighted by molar-refractivity contribution is 6.97. The van der Waals surface area contributed by atoms with Crippen molar-refractivity contribution in [1.82, 2.24) is 0 Å². The van der Waals surface area contributed by atoms with Gasteiger partial charge in [-0.05, 0) is 108 Å². The molecule has 2 heteroatoms. The number of rotatable bonds is 7. The number of hydrogen-bond acceptors (Lipinski definition) is 0. The lowest BCUT2D eigenvalue weighted by molar-refractivity contribution is 1.33. The van der Waals surface area contributed by atoms with Gasteiger partial charge in [0, 0.05) is 0 Å². The Labute approximate surface area is 315 Å². The Bertz CT molecular complexity index is 1980. The standard InChI is InChI=1S/C50H56B2/c1-29-19-35(7)47(36(8)20-29)51(48-37(9)21-30(2)22-38(48)10)45-17-15-43(27-33(45)5)44-16-18-46(34(6)28-44)52(49-39(11)23-31(3)24-40(49)12)50-41(13)25-32(4)26-42(50)14/h15-28H,1-14H3. The van der Waals surface area contributed by atoms with Crippen molar-refractivity contribution in [2.75, 3.05) is 0 Å². The molecule has 0 nitrogen and oxygen atoms in total. The molecule has 52 heavy (non-hydrogen) atoms. The van der Waals surface area contributed by atoms with Gasteiger partial charge in [-0.1, -0.05) is 196 Å². The van der Waals surface area contributed by atoms with Crippen LogP contribution < -0.4 is 32.8 Å². The molecule has 0 aliphatic carbocycles. The van der Waals surface area contributed by atoms with Crippen molar-refractivity contribution < 1.29 is 0 Å². The van der Waals surface area contributed by atoms with Crippen molar-refractivity contribution in [3.8, 4) is 11.1 Å². The van der Waals surface area contributed by atoms with Gasteiger partial charge in [0.1, 0.15) is 0 Å². The first-order chi connectivity index (χ1) is 24.5. The molecule has 0 radical (unpaired) electrons. The predicted octanol–water partition coefficient (Wildman–Crippen LogP) is 8.70. The van der Waals surface area contributed by atoms with Gasteiger partial charge in [0.25, 0.3) is 0 Å². The van der Waals surface area contributed by atoms with Crippen LogP contribution in [0.25, 0.3) is 11.1 Å². The molecule has 0 aliphatic rings. The molecule has 6 aromatic carbocycles. The zero-order valence-corrected chi connectivity index (χ0v) is 34.2. The van der Waals surface area contributed by atoms with E-state index in [2.05, 4.69) is 182 Å². The van der Waals surface area contributed by atoms with Crippen molar-refractivity contribution in [1.29, 1.82) is 0 Å². The highest BCUT2D eigenvalue weighted by Gasteiger charge is 2.31. The largest absolute Gasteiger partial charge is 0.242 e. The summed E-state index contributed by atoms with van der Waals surface area (Å²) in [5, 5.41) is 0. The Kier molecular flexibility index (Phi) is 10.4. The van der Waals surface area contributed by atoms with E-state index in [9.17, 15) is 0 Å². The molecule has 0 amide bonds. The van der Waals surface area contributed by atoms with E-state index in [1.165, 1.54) is 122 Å². The van der Waals surface area contributed by atoms with E-state index in [0.717, 1.165) is 0 Å². The molecule has 0 unspecified atom stereocenters. The van der Waals surface area contributed by atoms with Crippen LogP contribution in [-0.2, 0) is 0 Å². The van der Waals surface area contributed by atoms with Gasteiger partial charge >= 0.3 is 0 Å². The molecule has 6 aromatic rings. The van der Waals surface area contributed by atoms with E-state index in [4.69, 9.17) is 0 Å². The van der Waals surface area contributed by atoms with Gasteiger partial charge in [0.2, 0.25) is 13.4 Å². The molecule has 0 aliphatic heterocycles. The summed E-state index contributed by atoms with van der Waals surface area (Å²) in [6, 6.07) is 33.2. The van der Waals surface area contributed by atoms with Crippen LogP contribution in [0.1, 0.15) is 77.9 Å². The normalized spacial score (nSPS) is 11.3. The van der Waals surface area contributed by atoms with Gasteiger partial charge in [-0.25, -0.2) is 0 Å². The summed E-state index contributed by atoms with van der Waals surface area (Å²) in [4.78, 5) is 0. The molecule has 0 atom stereocenters. The van der Waals surface area contributed by atoms with Crippen LogP contribution in [0, 0.1) is 96.9 Å². The summed E-state index contributed by atoms with van der Waals surface area (Å²) >= 11 is 0. The lowest BCUT2D eigenvalue weighted by atomic mass is 9.33. The van der Waals surface area contributed by atoms with Gasteiger partial charge in [0.15, 0.2) is 0 Å². The van der Waals surface area contributed by atoms with Crippen LogP contribution in [0.4, 0.5) is 0 Å². The molecule has 0 heterocycles. The van der Waals surface area contributed by atoms with E-state index in [0.29, 0.717) is 0 Å². The van der Waals surface area contributed by atoms with Gasteiger partial charge in [-0.3, -0.25) is 0 Å². The van der Waals surface area contributed by atoms with Crippen LogP contribution in [0.2, 0.25) is 0 Å². The predicted molar refractivity (Wildman–Crippen MR) is 233 cm³/mol. The maximum Gasteiger partial charge on any atom is 0.242 e. The highest BCUT2D eigenvalue weighted by Crippen LogP contribution is 2.23. The van der Waals surface area contributed by atoms with E-state index < -0.39 is 0 Å². The lowest BCUT2D eigenvalue weighted by Crippen LogP contribution is -2.56. The Hall–Kier alpha value is -4.55. The highest BCUT2D eigenvalue weighted by atomic mass is 14.2. The fraction of sp³-hybridized carbons (Fsp3) is 0.280. The minimum absolute atomic E-state index is 0.169. The topological polar surface area (TPSA) is 0 Å². The Morgan fingerprint density at radius 3 is 0.654 bits per heavy atom. The molecule has 0 spiro atoms. The van der Waals surface area contributed by atoms with Gasteiger partial charge in [-0.2, -0.15) is 0 Å².